The van der Waals surface area contributed by atoms with Crippen molar-refractivity contribution < 1.29 is 9.53 Å². The van der Waals surface area contributed by atoms with E-state index in [1.165, 1.54) is 0 Å². The van der Waals surface area contributed by atoms with Crippen LogP contribution in [0.3, 0.4) is 0 Å². The number of rotatable bonds is 5. The third-order valence-corrected chi connectivity index (χ3v) is 3.69. The van der Waals surface area contributed by atoms with Crippen LogP contribution in [0.25, 0.3) is 10.8 Å². The fourth-order valence-corrected chi connectivity index (χ4v) is 2.19. The van der Waals surface area contributed by atoms with Gasteiger partial charge in [-0.1, -0.05) is 37.3 Å². The highest BCUT2D eigenvalue weighted by atomic mass is 16.5. The van der Waals surface area contributed by atoms with Gasteiger partial charge in [-0.05, 0) is 44.0 Å². The molecule has 0 atom stereocenters. The molecule has 0 aliphatic heterocycles. The second-order valence-electron chi connectivity index (χ2n) is 5.73. The zero-order valence-electron chi connectivity index (χ0n) is 13.2. The number of carbonyl (C=O) groups excluding carboxylic acids is 1. The summed E-state index contributed by atoms with van der Waals surface area (Å²) < 4.78 is 6.10. The molecule has 112 valence electrons. The van der Waals surface area contributed by atoms with Gasteiger partial charge in [-0.15, -0.1) is 0 Å². The molecule has 0 aliphatic carbocycles. The van der Waals surface area contributed by atoms with Crippen LogP contribution in [0.2, 0.25) is 0 Å². The van der Waals surface area contributed by atoms with Crippen molar-refractivity contribution >= 4 is 16.7 Å². The van der Waals surface area contributed by atoms with Gasteiger partial charge in [0, 0.05) is 6.54 Å². The summed E-state index contributed by atoms with van der Waals surface area (Å²) in [5.74, 6) is 0.558. The minimum Gasteiger partial charge on any atom is -0.487 e. The van der Waals surface area contributed by atoms with Gasteiger partial charge in [-0.25, -0.2) is 0 Å². The molecular weight excluding hydrogens is 262 g/mol. The summed E-state index contributed by atoms with van der Waals surface area (Å²) in [4.78, 5) is 12.5. The van der Waals surface area contributed by atoms with E-state index in [0.717, 1.165) is 17.2 Å². The van der Waals surface area contributed by atoms with Gasteiger partial charge >= 0.3 is 0 Å². The topological polar surface area (TPSA) is 38.3 Å². The summed E-state index contributed by atoms with van der Waals surface area (Å²) in [6, 6.07) is 11.8. The summed E-state index contributed by atoms with van der Waals surface area (Å²) in [6.45, 7) is 8.65. The standard InChI is InChI=1S/C18H23NO2/c1-5-18(3,4)21-15-12-11-13-9-7-8-10-14(13)16(15)17(20)19-6-2/h7-12H,5-6H2,1-4H3,(H,19,20). The number of nitrogens with one attached hydrogen (secondary N) is 1. The van der Waals surface area contributed by atoms with Gasteiger partial charge in [0.1, 0.15) is 11.4 Å². The van der Waals surface area contributed by atoms with Gasteiger partial charge in [0.15, 0.2) is 0 Å². The van der Waals surface area contributed by atoms with Gasteiger partial charge in [0.2, 0.25) is 0 Å². The Morgan fingerprint density at radius 3 is 2.52 bits per heavy atom. The smallest absolute Gasteiger partial charge is 0.255 e. The molecule has 0 aromatic heterocycles. The van der Waals surface area contributed by atoms with E-state index in [0.29, 0.717) is 17.9 Å². The van der Waals surface area contributed by atoms with Crippen molar-refractivity contribution in [1.82, 2.24) is 5.32 Å². The van der Waals surface area contributed by atoms with Gasteiger partial charge in [-0.2, -0.15) is 0 Å². The Morgan fingerprint density at radius 2 is 1.86 bits per heavy atom. The van der Waals surface area contributed by atoms with Crippen LogP contribution in [-0.2, 0) is 0 Å². The minimum atomic E-state index is -0.302. The van der Waals surface area contributed by atoms with Crippen LogP contribution in [-0.4, -0.2) is 18.1 Å². The molecule has 1 amide bonds. The van der Waals surface area contributed by atoms with Crippen LogP contribution in [0.4, 0.5) is 0 Å². The summed E-state index contributed by atoms with van der Waals surface area (Å²) in [5.41, 5.74) is 0.320. The molecule has 0 saturated carbocycles. The number of fused-ring (bicyclic) bond motifs is 1. The first-order valence-electron chi connectivity index (χ1n) is 7.47. The lowest BCUT2D eigenvalue weighted by atomic mass is 10.0. The Kier molecular flexibility index (Phi) is 4.51. The predicted octanol–water partition coefficient (Wildman–Crippen LogP) is 4.16. The monoisotopic (exact) mass is 285 g/mol. The van der Waals surface area contributed by atoms with Crippen molar-refractivity contribution in [2.24, 2.45) is 0 Å². The number of amides is 1. The molecule has 21 heavy (non-hydrogen) atoms. The van der Waals surface area contributed by atoms with Gasteiger partial charge in [-0.3, -0.25) is 4.79 Å². The van der Waals surface area contributed by atoms with Crippen molar-refractivity contribution in [3.63, 3.8) is 0 Å². The third-order valence-electron chi connectivity index (χ3n) is 3.69. The molecule has 3 nitrogen and oxygen atoms in total. The molecule has 0 spiro atoms. The molecule has 0 radical (unpaired) electrons. The molecule has 2 aromatic rings. The first kappa shape index (κ1) is 15.4. The second-order valence-corrected chi connectivity index (χ2v) is 5.73. The average molecular weight is 285 g/mol. The van der Waals surface area contributed by atoms with Crippen molar-refractivity contribution in [2.75, 3.05) is 6.54 Å². The summed E-state index contributed by atoms with van der Waals surface area (Å²) in [6.07, 6.45) is 0.870. The van der Waals surface area contributed by atoms with E-state index in [4.69, 9.17) is 4.74 Å². The van der Waals surface area contributed by atoms with Crippen LogP contribution in [0.5, 0.6) is 5.75 Å². The lowest BCUT2D eigenvalue weighted by Gasteiger charge is -2.26. The molecule has 2 rings (SSSR count). The summed E-state index contributed by atoms with van der Waals surface area (Å²) in [5, 5.41) is 4.85. The van der Waals surface area contributed by atoms with Crippen LogP contribution in [0, 0.1) is 0 Å². The summed E-state index contributed by atoms with van der Waals surface area (Å²) >= 11 is 0. The lowest BCUT2D eigenvalue weighted by Crippen LogP contribution is -2.29. The Bertz CT molecular complexity index is 647. The van der Waals surface area contributed by atoms with Crippen molar-refractivity contribution in [3.8, 4) is 5.75 Å². The number of carbonyl (C=O) groups is 1. The molecule has 2 aromatic carbocycles. The highest BCUT2D eigenvalue weighted by Crippen LogP contribution is 2.31. The molecule has 0 heterocycles. The fraction of sp³-hybridized carbons (Fsp3) is 0.389. The molecule has 0 unspecified atom stereocenters. The Labute approximate surface area is 126 Å². The highest BCUT2D eigenvalue weighted by molar-refractivity contribution is 6.09. The van der Waals surface area contributed by atoms with Crippen molar-refractivity contribution in [2.45, 2.75) is 39.7 Å². The maximum atomic E-state index is 12.5. The molecule has 0 fully saturated rings. The van der Waals surface area contributed by atoms with E-state index in [9.17, 15) is 4.79 Å². The molecule has 0 saturated heterocycles. The quantitative estimate of drug-likeness (QED) is 0.896. The SMILES string of the molecule is CCNC(=O)c1c(OC(C)(C)CC)ccc2ccccc12. The van der Waals surface area contributed by atoms with E-state index in [1.54, 1.807) is 0 Å². The number of benzene rings is 2. The Hall–Kier alpha value is -2.03. The largest absolute Gasteiger partial charge is 0.487 e. The molecule has 1 N–H and O–H groups in total. The zero-order chi connectivity index (χ0) is 15.5. The number of ether oxygens (including phenoxy) is 1. The van der Waals surface area contributed by atoms with E-state index in [-0.39, 0.29) is 11.5 Å². The van der Waals surface area contributed by atoms with Crippen molar-refractivity contribution in [1.29, 1.82) is 0 Å². The zero-order valence-corrected chi connectivity index (χ0v) is 13.2. The average Bonchev–Trinajstić information content (AvgIpc) is 2.47. The molecule has 0 bridgehead atoms. The molecule has 3 heteroatoms. The van der Waals surface area contributed by atoms with E-state index >= 15 is 0 Å². The van der Waals surface area contributed by atoms with Crippen molar-refractivity contribution in [3.05, 3.63) is 42.0 Å². The first-order chi connectivity index (χ1) is 9.98. The molecular formula is C18H23NO2. The lowest BCUT2D eigenvalue weighted by molar-refractivity contribution is 0.0908. The Balaban J connectivity index is 2.59. The van der Waals surface area contributed by atoms with Crippen LogP contribution < -0.4 is 10.1 Å². The minimum absolute atomic E-state index is 0.0868. The second kappa shape index (κ2) is 6.17. The number of hydrogen-bond donors (Lipinski definition) is 1. The van der Waals surface area contributed by atoms with E-state index < -0.39 is 0 Å². The van der Waals surface area contributed by atoms with E-state index in [1.807, 2.05) is 57.2 Å². The summed E-state index contributed by atoms with van der Waals surface area (Å²) in [7, 11) is 0. The fourth-order valence-electron chi connectivity index (χ4n) is 2.19. The van der Waals surface area contributed by atoms with Crippen LogP contribution in [0.1, 0.15) is 44.5 Å². The third kappa shape index (κ3) is 3.35. The predicted molar refractivity (Wildman–Crippen MR) is 87.0 cm³/mol. The molecule has 0 aliphatic rings. The maximum Gasteiger partial charge on any atom is 0.255 e. The van der Waals surface area contributed by atoms with Crippen LogP contribution in [0.15, 0.2) is 36.4 Å². The van der Waals surface area contributed by atoms with Gasteiger partial charge in [0.25, 0.3) is 5.91 Å². The normalized spacial score (nSPS) is 11.4. The first-order valence-corrected chi connectivity index (χ1v) is 7.47. The van der Waals surface area contributed by atoms with Crippen LogP contribution >= 0.6 is 0 Å². The maximum absolute atomic E-state index is 12.5. The van der Waals surface area contributed by atoms with Gasteiger partial charge < -0.3 is 10.1 Å². The van der Waals surface area contributed by atoms with E-state index in [2.05, 4.69) is 12.2 Å². The number of hydrogen-bond acceptors (Lipinski definition) is 2. The van der Waals surface area contributed by atoms with Gasteiger partial charge in [0.05, 0.1) is 5.56 Å². The highest BCUT2D eigenvalue weighted by Gasteiger charge is 2.22. The Morgan fingerprint density at radius 1 is 1.14 bits per heavy atom.